The summed E-state index contributed by atoms with van der Waals surface area (Å²) in [7, 11) is 0. The Morgan fingerprint density at radius 1 is 1.38 bits per heavy atom. The van der Waals surface area contributed by atoms with E-state index >= 15 is 0 Å². The smallest absolute Gasteiger partial charge is 0.433 e. The lowest BCUT2D eigenvalue weighted by atomic mass is 10.1. The zero-order valence-corrected chi connectivity index (χ0v) is 11.1. The van der Waals surface area contributed by atoms with Crippen LogP contribution in [0.3, 0.4) is 0 Å². The Hall–Kier alpha value is -2.12. The molecule has 2 rings (SSSR count). The zero-order chi connectivity index (χ0) is 15.8. The number of carboxylic acids is 1. The molecule has 1 N–H and O–H groups in total. The van der Waals surface area contributed by atoms with Gasteiger partial charge in [-0.1, -0.05) is 0 Å². The summed E-state index contributed by atoms with van der Waals surface area (Å²) >= 11 is 0. The molecule has 0 bridgehead atoms. The van der Waals surface area contributed by atoms with Gasteiger partial charge in [-0.05, 0) is 25.5 Å². The van der Waals surface area contributed by atoms with Crippen LogP contribution in [0.5, 0.6) is 0 Å². The molecule has 21 heavy (non-hydrogen) atoms. The first-order valence-corrected chi connectivity index (χ1v) is 6.27. The number of likely N-dealkylation sites (tertiary alicyclic amines) is 1. The second-order valence-corrected chi connectivity index (χ2v) is 4.90. The Kier molecular flexibility index (Phi) is 3.89. The average Bonchev–Trinajstić information content (AvgIpc) is 2.86. The van der Waals surface area contributed by atoms with Gasteiger partial charge in [0, 0.05) is 13.1 Å². The molecule has 0 aliphatic carbocycles. The SMILES string of the molecule is Cc1nc(C(F)(F)F)ccc1C(=O)N1CCC(C(=O)O)C1. The summed E-state index contributed by atoms with van der Waals surface area (Å²) < 4.78 is 37.6. The Bertz CT molecular complexity index is 587. The first-order valence-electron chi connectivity index (χ1n) is 6.27. The molecule has 0 aromatic carbocycles. The monoisotopic (exact) mass is 302 g/mol. The number of carbonyl (C=O) groups is 2. The Labute approximate surface area is 118 Å². The molecule has 0 saturated carbocycles. The van der Waals surface area contributed by atoms with Crippen LogP contribution in [-0.4, -0.2) is 40.0 Å². The maximum absolute atomic E-state index is 12.5. The summed E-state index contributed by atoms with van der Waals surface area (Å²) in [4.78, 5) is 27.8. The predicted octanol–water partition coefficient (Wildman–Crippen LogP) is 1.96. The van der Waals surface area contributed by atoms with E-state index in [2.05, 4.69) is 4.98 Å². The van der Waals surface area contributed by atoms with Gasteiger partial charge < -0.3 is 10.0 Å². The minimum atomic E-state index is -4.56. The van der Waals surface area contributed by atoms with Crippen molar-refractivity contribution in [3.63, 3.8) is 0 Å². The molecule has 5 nitrogen and oxygen atoms in total. The number of carboxylic acid groups (broad SMARTS) is 1. The van der Waals surface area contributed by atoms with Crippen molar-refractivity contribution in [3.05, 3.63) is 29.1 Å². The van der Waals surface area contributed by atoms with Gasteiger partial charge >= 0.3 is 12.1 Å². The number of aromatic nitrogens is 1. The third-order valence-corrected chi connectivity index (χ3v) is 3.43. The van der Waals surface area contributed by atoms with Crippen LogP contribution >= 0.6 is 0 Å². The van der Waals surface area contributed by atoms with Crippen molar-refractivity contribution in [1.82, 2.24) is 9.88 Å². The van der Waals surface area contributed by atoms with Crippen LogP contribution in [0.4, 0.5) is 13.2 Å². The fourth-order valence-corrected chi connectivity index (χ4v) is 2.26. The molecule has 8 heteroatoms. The highest BCUT2D eigenvalue weighted by molar-refractivity contribution is 5.95. The number of alkyl halides is 3. The van der Waals surface area contributed by atoms with Crippen LogP contribution in [0, 0.1) is 12.8 Å². The van der Waals surface area contributed by atoms with Gasteiger partial charge in [-0.25, -0.2) is 4.98 Å². The fraction of sp³-hybridized carbons (Fsp3) is 0.462. The van der Waals surface area contributed by atoms with Gasteiger partial charge in [0.25, 0.3) is 5.91 Å². The number of carbonyl (C=O) groups excluding carboxylic acids is 1. The molecular weight excluding hydrogens is 289 g/mol. The molecule has 0 spiro atoms. The van der Waals surface area contributed by atoms with Crippen LogP contribution < -0.4 is 0 Å². The van der Waals surface area contributed by atoms with Gasteiger partial charge in [-0.15, -0.1) is 0 Å². The Balaban J connectivity index is 2.19. The van der Waals surface area contributed by atoms with Gasteiger partial charge in [0.05, 0.1) is 17.2 Å². The van der Waals surface area contributed by atoms with E-state index in [9.17, 15) is 22.8 Å². The quantitative estimate of drug-likeness (QED) is 0.906. The molecule has 1 saturated heterocycles. The van der Waals surface area contributed by atoms with Crippen molar-refractivity contribution >= 4 is 11.9 Å². The third kappa shape index (κ3) is 3.14. The lowest BCUT2D eigenvalue weighted by Crippen LogP contribution is -2.30. The van der Waals surface area contributed by atoms with Crippen molar-refractivity contribution in [1.29, 1.82) is 0 Å². The van der Waals surface area contributed by atoms with Crippen molar-refractivity contribution in [3.8, 4) is 0 Å². The first kappa shape index (κ1) is 15.3. The van der Waals surface area contributed by atoms with Gasteiger partial charge in [0.15, 0.2) is 0 Å². The number of rotatable bonds is 2. The van der Waals surface area contributed by atoms with E-state index in [1.54, 1.807) is 0 Å². The summed E-state index contributed by atoms with van der Waals surface area (Å²) in [6.45, 7) is 1.66. The highest BCUT2D eigenvalue weighted by Crippen LogP contribution is 2.28. The molecule has 1 amide bonds. The second-order valence-electron chi connectivity index (χ2n) is 4.90. The fourth-order valence-electron chi connectivity index (χ4n) is 2.26. The second kappa shape index (κ2) is 5.34. The van der Waals surface area contributed by atoms with E-state index in [-0.39, 0.29) is 24.3 Å². The van der Waals surface area contributed by atoms with Crippen LogP contribution in [0.25, 0.3) is 0 Å². The van der Waals surface area contributed by atoms with Crippen molar-refractivity contribution < 1.29 is 27.9 Å². The minimum Gasteiger partial charge on any atom is -0.481 e. The van der Waals surface area contributed by atoms with E-state index in [4.69, 9.17) is 5.11 Å². The normalized spacial score (nSPS) is 18.9. The van der Waals surface area contributed by atoms with Gasteiger partial charge in [-0.2, -0.15) is 13.2 Å². The number of amides is 1. The number of pyridine rings is 1. The average molecular weight is 302 g/mol. The number of nitrogens with zero attached hydrogens (tertiary/aromatic N) is 2. The summed E-state index contributed by atoms with van der Waals surface area (Å²) in [5.41, 5.74) is -1.01. The van der Waals surface area contributed by atoms with E-state index in [1.165, 1.54) is 11.8 Å². The van der Waals surface area contributed by atoms with E-state index in [0.717, 1.165) is 12.1 Å². The molecule has 1 aromatic rings. The van der Waals surface area contributed by atoms with Gasteiger partial charge in [-0.3, -0.25) is 9.59 Å². The Morgan fingerprint density at radius 3 is 2.52 bits per heavy atom. The van der Waals surface area contributed by atoms with Crippen LogP contribution in [0.2, 0.25) is 0 Å². The van der Waals surface area contributed by atoms with E-state index in [1.807, 2.05) is 0 Å². The number of hydrogen-bond donors (Lipinski definition) is 1. The standard InChI is InChI=1S/C13H13F3N2O3/c1-7-9(2-3-10(17-7)13(14,15)16)11(19)18-5-4-8(6-18)12(20)21/h2-3,8H,4-6H2,1H3,(H,20,21). The minimum absolute atomic E-state index is 0.0198. The maximum atomic E-state index is 12.5. The Morgan fingerprint density at radius 2 is 2.05 bits per heavy atom. The van der Waals surface area contributed by atoms with Crippen molar-refractivity contribution in [2.45, 2.75) is 19.5 Å². The van der Waals surface area contributed by atoms with Crippen molar-refractivity contribution in [2.75, 3.05) is 13.1 Å². The number of aliphatic carboxylic acids is 1. The maximum Gasteiger partial charge on any atom is 0.433 e. The summed E-state index contributed by atoms with van der Waals surface area (Å²) in [5.74, 6) is -2.10. The molecule has 1 unspecified atom stereocenters. The summed E-state index contributed by atoms with van der Waals surface area (Å²) in [6, 6.07) is 1.84. The van der Waals surface area contributed by atoms with Crippen molar-refractivity contribution in [2.24, 2.45) is 5.92 Å². The summed E-state index contributed by atoms with van der Waals surface area (Å²) in [6.07, 6.45) is -4.22. The van der Waals surface area contributed by atoms with Crippen LogP contribution in [0.1, 0.15) is 28.2 Å². The van der Waals surface area contributed by atoms with Gasteiger partial charge in [0.1, 0.15) is 5.69 Å². The summed E-state index contributed by atoms with van der Waals surface area (Å²) in [5, 5.41) is 8.89. The van der Waals surface area contributed by atoms with Crippen LogP contribution in [-0.2, 0) is 11.0 Å². The van der Waals surface area contributed by atoms with E-state index in [0.29, 0.717) is 6.42 Å². The molecule has 1 atom stereocenters. The molecule has 114 valence electrons. The largest absolute Gasteiger partial charge is 0.481 e. The highest BCUT2D eigenvalue weighted by Gasteiger charge is 2.35. The zero-order valence-electron chi connectivity index (χ0n) is 11.1. The molecule has 2 heterocycles. The molecule has 1 aromatic heterocycles. The number of hydrogen-bond acceptors (Lipinski definition) is 3. The number of halogens is 3. The topological polar surface area (TPSA) is 70.5 Å². The molecular formula is C13H13F3N2O3. The predicted molar refractivity (Wildman–Crippen MR) is 65.6 cm³/mol. The third-order valence-electron chi connectivity index (χ3n) is 3.43. The lowest BCUT2D eigenvalue weighted by Gasteiger charge is -2.17. The molecule has 1 aliphatic heterocycles. The van der Waals surface area contributed by atoms with Gasteiger partial charge in [0.2, 0.25) is 0 Å². The molecule has 0 radical (unpaired) electrons. The lowest BCUT2D eigenvalue weighted by molar-refractivity contribution is -0.142. The molecule has 1 fully saturated rings. The van der Waals surface area contributed by atoms with E-state index < -0.39 is 29.7 Å². The number of aryl methyl sites for hydroxylation is 1. The van der Waals surface area contributed by atoms with Crippen LogP contribution in [0.15, 0.2) is 12.1 Å². The molecule has 1 aliphatic rings. The first-order chi connectivity index (χ1) is 9.70. The highest BCUT2D eigenvalue weighted by atomic mass is 19.4.